The van der Waals surface area contributed by atoms with Crippen molar-refractivity contribution in [3.63, 3.8) is 0 Å². The van der Waals surface area contributed by atoms with E-state index in [1.807, 2.05) is 27.7 Å². The number of nitrogens with one attached hydrogen (secondary N) is 1. The Morgan fingerprint density at radius 2 is 2.11 bits per heavy atom. The van der Waals surface area contributed by atoms with E-state index in [4.69, 9.17) is 4.74 Å². The van der Waals surface area contributed by atoms with E-state index in [1.165, 1.54) is 0 Å². The first-order valence-electron chi connectivity index (χ1n) is 6.75. The van der Waals surface area contributed by atoms with Crippen LogP contribution in [0.25, 0.3) is 0 Å². The molecule has 1 amide bonds. The van der Waals surface area contributed by atoms with Crippen LogP contribution in [0.15, 0.2) is 12.5 Å². The summed E-state index contributed by atoms with van der Waals surface area (Å²) in [6.07, 6.45) is 3.98. The van der Waals surface area contributed by atoms with Crippen molar-refractivity contribution in [2.75, 3.05) is 0 Å². The molecule has 0 spiro atoms. The second-order valence-electron chi connectivity index (χ2n) is 5.93. The van der Waals surface area contributed by atoms with Gasteiger partial charge in [0.05, 0.1) is 24.3 Å². The van der Waals surface area contributed by atoms with Gasteiger partial charge in [0.1, 0.15) is 5.60 Å². The second-order valence-corrected chi connectivity index (χ2v) is 5.93. The molecule has 1 aromatic heterocycles. The number of hydrogen-bond acceptors (Lipinski definition) is 3. The fraction of sp³-hybridized carbons (Fsp3) is 0.714. The molecule has 0 fully saturated rings. The number of imidazole rings is 1. The molecule has 0 bridgehead atoms. The van der Waals surface area contributed by atoms with Crippen molar-refractivity contribution in [1.82, 2.24) is 14.9 Å². The average molecular weight is 267 g/mol. The van der Waals surface area contributed by atoms with Crippen LogP contribution in [-0.4, -0.2) is 21.2 Å². The number of carbonyl (C=O) groups is 1. The SMILES string of the molecule is CC[C@@H](NC(=O)OC(C)(C)C)c1cncn1C(C)C. The molecular formula is C14H25N3O2. The van der Waals surface area contributed by atoms with Crippen LogP contribution in [0.3, 0.4) is 0 Å². The highest BCUT2D eigenvalue weighted by Gasteiger charge is 2.22. The Morgan fingerprint density at radius 1 is 1.47 bits per heavy atom. The number of hydrogen-bond donors (Lipinski definition) is 1. The summed E-state index contributed by atoms with van der Waals surface area (Å²) in [6.45, 7) is 11.8. The zero-order valence-electron chi connectivity index (χ0n) is 12.7. The zero-order valence-corrected chi connectivity index (χ0v) is 12.7. The molecule has 0 aliphatic carbocycles. The number of amides is 1. The molecule has 0 aliphatic heterocycles. The topological polar surface area (TPSA) is 56.1 Å². The monoisotopic (exact) mass is 267 g/mol. The summed E-state index contributed by atoms with van der Waals surface area (Å²) in [5.41, 5.74) is 0.518. The van der Waals surface area contributed by atoms with Gasteiger partial charge in [-0.1, -0.05) is 6.92 Å². The van der Waals surface area contributed by atoms with Crippen molar-refractivity contribution in [1.29, 1.82) is 0 Å². The summed E-state index contributed by atoms with van der Waals surface area (Å²) in [5.74, 6) is 0. The molecule has 1 rings (SSSR count). The van der Waals surface area contributed by atoms with Gasteiger partial charge in [-0.2, -0.15) is 0 Å². The molecule has 0 unspecified atom stereocenters. The summed E-state index contributed by atoms with van der Waals surface area (Å²) in [5, 5.41) is 2.90. The predicted octanol–water partition coefficient (Wildman–Crippen LogP) is 3.44. The molecule has 5 heteroatoms. The Morgan fingerprint density at radius 3 is 2.58 bits per heavy atom. The van der Waals surface area contributed by atoms with Gasteiger partial charge >= 0.3 is 6.09 Å². The van der Waals surface area contributed by atoms with Crippen molar-refractivity contribution in [3.8, 4) is 0 Å². The highest BCUT2D eigenvalue weighted by Crippen LogP contribution is 2.20. The zero-order chi connectivity index (χ0) is 14.6. The van der Waals surface area contributed by atoms with E-state index in [2.05, 4.69) is 28.7 Å². The first kappa shape index (κ1) is 15.5. The smallest absolute Gasteiger partial charge is 0.408 e. The van der Waals surface area contributed by atoms with Crippen LogP contribution < -0.4 is 5.32 Å². The molecule has 0 saturated carbocycles. The maximum absolute atomic E-state index is 11.8. The molecule has 1 heterocycles. The molecule has 0 radical (unpaired) electrons. The lowest BCUT2D eigenvalue weighted by Gasteiger charge is -2.24. The van der Waals surface area contributed by atoms with E-state index in [9.17, 15) is 4.79 Å². The van der Waals surface area contributed by atoms with Crippen LogP contribution in [0.1, 0.15) is 65.7 Å². The Hall–Kier alpha value is -1.52. The number of alkyl carbamates (subject to hydrolysis) is 1. The van der Waals surface area contributed by atoms with E-state index in [-0.39, 0.29) is 6.04 Å². The first-order chi connectivity index (χ1) is 8.74. The van der Waals surface area contributed by atoms with Gasteiger partial charge in [0.15, 0.2) is 0 Å². The fourth-order valence-corrected chi connectivity index (χ4v) is 1.85. The summed E-state index contributed by atoms with van der Waals surface area (Å²) in [4.78, 5) is 16.0. The summed E-state index contributed by atoms with van der Waals surface area (Å²) < 4.78 is 7.35. The number of rotatable bonds is 4. The number of ether oxygens (including phenoxy) is 1. The van der Waals surface area contributed by atoms with Crippen molar-refractivity contribution in [2.45, 2.75) is 65.6 Å². The summed E-state index contributed by atoms with van der Waals surface area (Å²) >= 11 is 0. The minimum Gasteiger partial charge on any atom is -0.444 e. The van der Waals surface area contributed by atoms with Gasteiger partial charge in [-0.3, -0.25) is 0 Å². The van der Waals surface area contributed by atoms with E-state index in [1.54, 1.807) is 12.5 Å². The van der Waals surface area contributed by atoms with Crippen molar-refractivity contribution < 1.29 is 9.53 Å². The molecule has 0 saturated heterocycles. The van der Waals surface area contributed by atoms with E-state index >= 15 is 0 Å². The van der Waals surface area contributed by atoms with Crippen molar-refractivity contribution >= 4 is 6.09 Å². The van der Waals surface area contributed by atoms with Crippen LogP contribution >= 0.6 is 0 Å². The van der Waals surface area contributed by atoms with Crippen molar-refractivity contribution in [2.24, 2.45) is 0 Å². The Balaban J connectivity index is 2.78. The standard InChI is InChI=1S/C14H25N3O2/c1-7-11(16-13(18)19-14(4,5)6)12-8-15-9-17(12)10(2)3/h8-11H,7H2,1-6H3,(H,16,18)/t11-/m1/s1. The lowest BCUT2D eigenvalue weighted by Crippen LogP contribution is -2.35. The third-order valence-electron chi connectivity index (χ3n) is 2.71. The van der Waals surface area contributed by atoms with Crippen molar-refractivity contribution in [3.05, 3.63) is 18.2 Å². The fourth-order valence-electron chi connectivity index (χ4n) is 1.85. The molecule has 108 valence electrons. The van der Waals surface area contributed by atoms with Gasteiger partial charge in [0.2, 0.25) is 0 Å². The van der Waals surface area contributed by atoms with Crippen LogP contribution in [0.2, 0.25) is 0 Å². The normalized spacial score (nSPS) is 13.4. The summed E-state index contributed by atoms with van der Waals surface area (Å²) in [7, 11) is 0. The second kappa shape index (κ2) is 6.08. The van der Waals surface area contributed by atoms with E-state index in [0.29, 0.717) is 6.04 Å². The average Bonchev–Trinajstić information content (AvgIpc) is 2.72. The Labute approximate surface area is 115 Å². The van der Waals surface area contributed by atoms with Gasteiger partial charge in [-0.15, -0.1) is 0 Å². The van der Waals surface area contributed by atoms with Gasteiger partial charge in [-0.25, -0.2) is 9.78 Å². The summed E-state index contributed by atoms with van der Waals surface area (Å²) in [6, 6.07) is 0.228. The minimum absolute atomic E-state index is 0.0836. The van der Waals surface area contributed by atoms with Gasteiger partial charge < -0.3 is 14.6 Å². The van der Waals surface area contributed by atoms with Gasteiger partial charge in [0.25, 0.3) is 0 Å². The van der Waals surface area contributed by atoms with Crippen LogP contribution in [0, 0.1) is 0 Å². The number of aromatic nitrogens is 2. The third kappa shape index (κ3) is 4.58. The van der Waals surface area contributed by atoms with Crippen LogP contribution in [-0.2, 0) is 4.74 Å². The minimum atomic E-state index is -0.485. The number of nitrogens with zero attached hydrogens (tertiary/aromatic N) is 2. The third-order valence-corrected chi connectivity index (χ3v) is 2.71. The molecule has 1 atom stereocenters. The highest BCUT2D eigenvalue weighted by molar-refractivity contribution is 5.68. The molecule has 5 nitrogen and oxygen atoms in total. The number of carbonyl (C=O) groups excluding carboxylic acids is 1. The molecule has 0 aromatic carbocycles. The largest absolute Gasteiger partial charge is 0.444 e. The lowest BCUT2D eigenvalue weighted by atomic mass is 10.1. The molecule has 1 aromatic rings. The van der Waals surface area contributed by atoms with Crippen LogP contribution in [0.4, 0.5) is 4.79 Å². The lowest BCUT2D eigenvalue weighted by molar-refractivity contribution is 0.0500. The first-order valence-corrected chi connectivity index (χ1v) is 6.75. The molecular weight excluding hydrogens is 242 g/mol. The molecule has 1 N–H and O–H groups in total. The Kier molecular flexibility index (Phi) is 4.97. The van der Waals surface area contributed by atoms with Gasteiger partial charge in [-0.05, 0) is 41.0 Å². The maximum atomic E-state index is 11.8. The molecule has 0 aliphatic rings. The van der Waals surface area contributed by atoms with Crippen LogP contribution in [0.5, 0.6) is 0 Å². The maximum Gasteiger partial charge on any atom is 0.408 e. The predicted molar refractivity (Wildman–Crippen MR) is 75.0 cm³/mol. The van der Waals surface area contributed by atoms with E-state index in [0.717, 1.165) is 12.1 Å². The quantitative estimate of drug-likeness (QED) is 0.909. The Bertz CT molecular complexity index is 419. The molecule has 19 heavy (non-hydrogen) atoms. The van der Waals surface area contributed by atoms with Gasteiger partial charge in [0, 0.05) is 6.04 Å². The highest BCUT2D eigenvalue weighted by atomic mass is 16.6. The van der Waals surface area contributed by atoms with E-state index < -0.39 is 11.7 Å².